The molecule has 0 aliphatic carbocycles. The van der Waals surface area contributed by atoms with Crippen molar-refractivity contribution in [2.75, 3.05) is 0 Å². The molecule has 0 radical (unpaired) electrons. The van der Waals surface area contributed by atoms with E-state index in [1.807, 2.05) is 13.8 Å². The van der Waals surface area contributed by atoms with E-state index in [9.17, 15) is 4.79 Å². The normalized spacial score (nSPS) is 13.4. The van der Waals surface area contributed by atoms with E-state index in [0.29, 0.717) is 0 Å². The predicted molar refractivity (Wildman–Crippen MR) is 48.5 cm³/mol. The highest BCUT2D eigenvalue weighted by molar-refractivity contribution is 5.65. The van der Waals surface area contributed by atoms with Gasteiger partial charge in [-0.25, -0.2) is 0 Å². The average Bonchev–Trinajstić information content (AvgIpc) is 2.01. The van der Waals surface area contributed by atoms with Crippen LogP contribution in [0.4, 0.5) is 0 Å². The van der Waals surface area contributed by atoms with Crippen LogP contribution in [0, 0.1) is 0 Å². The Morgan fingerprint density at radius 3 is 2.18 bits per heavy atom. The summed E-state index contributed by atoms with van der Waals surface area (Å²) in [5.41, 5.74) is 2.53. The fourth-order valence-electron chi connectivity index (χ4n) is 0.738. The molecule has 0 rings (SSSR count). The lowest BCUT2D eigenvalue weighted by Gasteiger charge is -1.99. The van der Waals surface area contributed by atoms with Crippen LogP contribution in [-0.2, 0) is 4.79 Å². The van der Waals surface area contributed by atoms with Gasteiger partial charge < -0.3 is 0 Å². The van der Waals surface area contributed by atoms with Gasteiger partial charge in [0, 0.05) is 0 Å². The van der Waals surface area contributed by atoms with Crippen LogP contribution >= 0.6 is 0 Å². The van der Waals surface area contributed by atoms with Gasteiger partial charge in [-0.2, -0.15) is 0 Å². The van der Waals surface area contributed by atoms with Crippen LogP contribution in [0.25, 0.3) is 0 Å². The predicted octanol–water partition coefficient (Wildman–Crippen LogP) is 2.88. The third kappa shape index (κ3) is 5.59. The molecule has 0 aliphatic rings. The molecule has 0 N–H and O–H groups in total. The fraction of sp³-hybridized carbons (Fsp3) is 0.500. The van der Waals surface area contributed by atoms with Gasteiger partial charge in [-0.3, -0.25) is 4.79 Å². The van der Waals surface area contributed by atoms with Crippen LogP contribution in [0.15, 0.2) is 23.3 Å². The Morgan fingerprint density at radius 1 is 1.18 bits per heavy atom. The van der Waals surface area contributed by atoms with E-state index >= 15 is 0 Å². The summed E-state index contributed by atoms with van der Waals surface area (Å²) in [5, 5.41) is 0. The molecule has 0 saturated heterocycles. The molecule has 1 heteroatoms. The highest BCUT2D eigenvalue weighted by atomic mass is 16.1. The van der Waals surface area contributed by atoms with Gasteiger partial charge in [0.15, 0.2) is 0 Å². The molecule has 0 amide bonds. The van der Waals surface area contributed by atoms with E-state index in [1.54, 1.807) is 6.08 Å². The van der Waals surface area contributed by atoms with E-state index in [0.717, 1.165) is 24.7 Å². The maximum atomic E-state index is 10.0. The SMILES string of the molecule is C/C=C(/C)CC/C(C)=C\C=O. The molecule has 0 aromatic carbocycles. The molecule has 0 atom stereocenters. The largest absolute Gasteiger partial charge is 0.299 e. The summed E-state index contributed by atoms with van der Waals surface area (Å²) in [4.78, 5) is 10.0. The van der Waals surface area contributed by atoms with Crippen LogP contribution in [0.2, 0.25) is 0 Å². The first-order valence-corrected chi connectivity index (χ1v) is 3.93. The quantitative estimate of drug-likeness (QED) is 0.344. The first-order chi connectivity index (χ1) is 5.20. The number of rotatable bonds is 4. The molecule has 0 bridgehead atoms. The third-order valence-electron chi connectivity index (χ3n) is 1.76. The molecule has 1 nitrogen and oxygen atoms in total. The molecule has 0 unspecified atom stereocenters. The lowest BCUT2D eigenvalue weighted by molar-refractivity contribution is -0.104. The van der Waals surface area contributed by atoms with Crippen LogP contribution in [0.1, 0.15) is 33.6 Å². The van der Waals surface area contributed by atoms with E-state index in [1.165, 1.54) is 5.57 Å². The fourth-order valence-corrected chi connectivity index (χ4v) is 0.738. The first kappa shape index (κ1) is 10.2. The molecule has 0 aromatic heterocycles. The Balaban J connectivity index is 3.70. The van der Waals surface area contributed by atoms with Gasteiger partial charge in [0.1, 0.15) is 6.29 Å². The van der Waals surface area contributed by atoms with Crippen molar-refractivity contribution < 1.29 is 4.79 Å². The molecule has 0 saturated carbocycles. The number of carbonyl (C=O) groups is 1. The van der Waals surface area contributed by atoms with E-state index in [4.69, 9.17) is 0 Å². The summed E-state index contributed by atoms with van der Waals surface area (Å²) in [6, 6.07) is 0. The van der Waals surface area contributed by atoms with Gasteiger partial charge in [-0.05, 0) is 39.7 Å². The Kier molecular flexibility index (Phi) is 5.44. The van der Waals surface area contributed by atoms with Gasteiger partial charge in [-0.15, -0.1) is 0 Å². The number of carbonyl (C=O) groups excluding carboxylic acids is 1. The maximum absolute atomic E-state index is 10.0. The Labute approximate surface area is 68.8 Å². The van der Waals surface area contributed by atoms with Crippen LogP contribution in [0.3, 0.4) is 0 Å². The van der Waals surface area contributed by atoms with E-state index < -0.39 is 0 Å². The van der Waals surface area contributed by atoms with Crippen LogP contribution in [0.5, 0.6) is 0 Å². The second-order valence-corrected chi connectivity index (χ2v) is 2.78. The van der Waals surface area contributed by atoms with Crippen molar-refractivity contribution in [3.8, 4) is 0 Å². The van der Waals surface area contributed by atoms with Crippen LogP contribution < -0.4 is 0 Å². The van der Waals surface area contributed by atoms with Crippen molar-refractivity contribution in [2.24, 2.45) is 0 Å². The van der Waals surface area contributed by atoms with E-state index in [2.05, 4.69) is 13.0 Å². The Bertz CT molecular complexity index is 175. The molecule has 0 heterocycles. The zero-order chi connectivity index (χ0) is 8.69. The lowest BCUT2D eigenvalue weighted by atomic mass is 10.1. The highest BCUT2D eigenvalue weighted by Crippen LogP contribution is 2.09. The van der Waals surface area contributed by atoms with Crippen molar-refractivity contribution in [1.29, 1.82) is 0 Å². The molecule has 62 valence electrons. The second-order valence-electron chi connectivity index (χ2n) is 2.78. The molecule has 0 spiro atoms. The minimum absolute atomic E-state index is 0.848. The monoisotopic (exact) mass is 152 g/mol. The van der Waals surface area contributed by atoms with Crippen molar-refractivity contribution in [3.05, 3.63) is 23.3 Å². The van der Waals surface area contributed by atoms with Gasteiger partial charge in [-0.1, -0.05) is 17.2 Å². The minimum Gasteiger partial charge on any atom is -0.299 e. The molecular formula is C10H16O. The van der Waals surface area contributed by atoms with E-state index in [-0.39, 0.29) is 0 Å². The number of allylic oxidation sites excluding steroid dienone is 4. The van der Waals surface area contributed by atoms with Crippen LogP contribution in [-0.4, -0.2) is 6.29 Å². The summed E-state index contributed by atoms with van der Waals surface area (Å²) in [6.07, 6.45) is 6.64. The Hall–Kier alpha value is -0.850. The maximum Gasteiger partial charge on any atom is 0.142 e. The summed E-state index contributed by atoms with van der Waals surface area (Å²) in [7, 11) is 0. The summed E-state index contributed by atoms with van der Waals surface area (Å²) in [5.74, 6) is 0. The number of hydrogen-bond donors (Lipinski definition) is 0. The van der Waals surface area contributed by atoms with Crippen molar-refractivity contribution in [1.82, 2.24) is 0 Å². The standard InChI is InChI=1S/C10H16O/c1-4-9(2)5-6-10(3)7-8-11/h4,7-8H,5-6H2,1-3H3/b9-4-,10-7-. The topological polar surface area (TPSA) is 17.1 Å². The minimum atomic E-state index is 0.848. The smallest absolute Gasteiger partial charge is 0.142 e. The summed E-state index contributed by atoms with van der Waals surface area (Å²) >= 11 is 0. The molecule has 0 fully saturated rings. The second kappa shape index (κ2) is 5.90. The summed E-state index contributed by atoms with van der Waals surface area (Å²) < 4.78 is 0. The van der Waals surface area contributed by atoms with Gasteiger partial charge >= 0.3 is 0 Å². The Morgan fingerprint density at radius 2 is 1.73 bits per heavy atom. The first-order valence-electron chi connectivity index (χ1n) is 3.93. The zero-order valence-corrected chi connectivity index (χ0v) is 7.55. The number of aldehydes is 1. The molecule has 11 heavy (non-hydrogen) atoms. The van der Waals surface area contributed by atoms with Crippen molar-refractivity contribution in [2.45, 2.75) is 33.6 Å². The lowest BCUT2D eigenvalue weighted by Crippen LogP contribution is -1.80. The molecular weight excluding hydrogens is 136 g/mol. The zero-order valence-electron chi connectivity index (χ0n) is 7.55. The van der Waals surface area contributed by atoms with Gasteiger partial charge in [0.2, 0.25) is 0 Å². The van der Waals surface area contributed by atoms with Crippen molar-refractivity contribution >= 4 is 6.29 Å². The molecule has 0 aliphatic heterocycles. The van der Waals surface area contributed by atoms with Gasteiger partial charge in [0.05, 0.1) is 0 Å². The van der Waals surface area contributed by atoms with Gasteiger partial charge in [0.25, 0.3) is 0 Å². The highest BCUT2D eigenvalue weighted by Gasteiger charge is 1.90. The third-order valence-corrected chi connectivity index (χ3v) is 1.76. The molecule has 0 aromatic rings. The number of hydrogen-bond acceptors (Lipinski definition) is 1. The summed E-state index contributed by atoms with van der Waals surface area (Å²) in [6.45, 7) is 6.12. The average molecular weight is 152 g/mol. The van der Waals surface area contributed by atoms with Crippen molar-refractivity contribution in [3.63, 3.8) is 0 Å².